The van der Waals surface area contributed by atoms with E-state index in [1.54, 1.807) is 0 Å². The van der Waals surface area contributed by atoms with E-state index in [1.807, 2.05) is 33.8 Å². The zero-order valence-electron chi connectivity index (χ0n) is 13.0. The van der Waals surface area contributed by atoms with Crippen molar-refractivity contribution in [3.63, 3.8) is 0 Å². The van der Waals surface area contributed by atoms with Gasteiger partial charge in [0.1, 0.15) is 0 Å². The van der Waals surface area contributed by atoms with Gasteiger partial charge in [0, 0.05) is 24.5 Å². The molecule has 0 bridgehead atoms. The molecular formula is C14H22N4O2S. The summed E-state index contributed by atoms with van der Waals surface area (Å²) in [5.41, 5.74) is 1.76. The standard InChI is InChI=1S/C14H22N4O2S/c1-5-15-12(19)8-18(6-2)13(20)9-21-14-16-10(3)7-11(4)17-14/h7H,5-6,8-9H2,1-4H3,(H,15,19). The van der Waals surface area contributed by atoms with Crippen molar-refractivity contribution in [3.8, 4) is 0 Å². The third kappa shape index (κ3) is 6.12. The molecule has 0 fully saturated rings. The molecule has 1 aromatic heterocycles. The highest BCUT2D eigenvalue weighted by atomic mass is 32.2. The van der Waals surface area contributed by atoms with Gasteiger partial charge >= 0.3 is 0 Å². The fourth-order valence-electron chi connectivity index (χ4n) is 1.78. The minimum atomic E-state index is -0.139. The monoisotopic (exact) mass is 310 g/mol. The van der Waals surface area contributed by atoms with Crippen molar-refractivity contribution in [2.45, 2.75) is 32.9 Å². The minimum Gasteiger partial charge on any atom is -0.355 e. The van der Waals surface area contributed by atoms with Gasteiger partial charge in [0.25, 0.3) is 0 Å². The maximum atomic E-state index is 12.1. The number of thioether (sulfide) groups is 1. The van der Waals surface area contributed by atoms with Gasteiger partial charge in [-0.25, -0.2) is 9.97 Å². The number of likely N-dealkylation sites (N-methyl/N-ethyl adjacent to an activating group) is 2. The molecule has 6 nitrogen and oxygen atoms in total. The van der Waals surface area contributed by atoms with Gasteiger partial charge in [0.2, 0.25) is 11.8 Å². The third-order valence-corrected chi connectivity index (χ3v) is 3.56. The van der Waals surface area contributed by atoms with E-state index in [9.17, 15) is 9.59 Å². The molecule has 0 unspecified atom stereocenters. The van der Waals surface area contributed by atoms with Gasteiger partial charge < -0.3 is 10.2 Å². The summed E-state index contributed by atoms with van der Waals surface area (Å²) in [5.74, 6) is 0.00715. The van der Waals surface area contributed by atoms with Crippen molar-refractivity contribution in [2.24, 2.45) is 0 Å². The van der Waals surface area contributed by atoms with E-state index in [4.69, 9.17) is 0 Å². The van der Waals surface area contributed by atoms with Crippen LogP contribution in [0.25, 0.3) is 0 Å². The lowest BCUT2D eigenvalue weighted by atomic mass is 10.4. The second kappa shape index (κ2) is 8.61. The topological polar surface area (TPSA) is 75.2 Å². The van der Waals surface area contributed by atoms with Gasteiger partial charge in [-0.05, 0) is 33.8 Å². The molecule has 0 saturated carbocycles. The number of rotatable bonds is 7. The highest BCUT2D eigenvalue weighted by Crippen LogP contribution is 2.14. The second-order valence-corrected chi connectivity index (χ2v) is 5.53. The summed E-state index contributed by atoms with van der Waals surface area (Å²) in [6, 6.07) is 1.89. The zero-order valence-corrected chi connectivity index (χ0v) is 13.8. The van der Waals surface area contributed by atoms with Gasteiger partial charge in [0.05, 0.1) is 12.3 Å². The number of carbonyl (C=O) groups excluding carboxylic acids is 2. The summed E-state index contributed by atoms with van der Waals surface area (Å²) in [6.07, 6.45) is 0. The Morgan fingerprint density at radius 1 is 1.24 bits per heavy atom. The number of carbonyl (C=O) groups is 2. The summed E-state index contributed by atoms with van der Waals surface area (Å²) in [6.45, 7) is 8.66. The lowest BCUT2D eigenvalue weighted by Gasteiger charge is -2.19. The average Bonchev–Trinajstić information content (AvgIpc) is 2.41. The highest BCUT2D eigenvalue weighted by Gasteiger charge is 2.16. The maximum Gasteiger partial charge on any atom is 0.239 e. The molecule has 0 spiro atoms. The largest absolute Gasteiger partial charge is 0.355 e. The number of amides is 2. The predicted molar refractivity (Wildman–Crippen MR) is 83.2 cm³/mol. The smallest absolute Gasteiger partial charge is 0.239 e. The first kappa shape index (κ1) is 17.4. The van der Waals surface area contributed by atoms with Crippen molar-refractivity contribution >= 4 is 23.6 Å². The molecule has 7 heteroatoms. The van der Waals surface area contributed by atoms with E-state index in [2.05, 4.69) is 15.3 Å². The molecule has 21 heavy (non-hydrogen) atoms. The van der Waals surface area contributed by atoms with Gasteiger partial charge in [-0.15, -0.1) is 0 Å². The highest BCUT2D eigenvalue weighted by molar-refractivity contribution is 7.99. The Morgan fingerprint density at radius 3 is 2.38 bits per heavy atom. The van der Waals surface area contributed by atoms with E-state index in [0.29, 0.717) is 18.2 Å². The molecule has 116 valence electrons. The van der Waals surface area contributed by atoms with Gasteiger partial charge in [-0.2, -0.15) is 0 Å². The molecular weight excluding hydrogens is 288 g/mol. The minimum absolute atomic E-state index is 0.0866. The van der Waals surface area contributed by atoms with Crippen LogP contribution < -0.4 is 5.32 Å². The van der Waals surface area contributed by atoms with E-state index in [0.717, 1.165) is 11.4 Å². The van der Waals surface area contributed by atoms with Crippen LogP contribution in [0, 0.1) is 13.8 Å². The summed E-state index contributed by atoms with van der Waals surface area (Å²) < 4.78 is 0. The van der Waals surface area contributed by atoms with Crippen LogP contribution in [0.15, 0.2) is 11.2 Å². The second-order valence-electron chi connectivity index (χ2n) is 4.58. The molecule has 2 amide bonds. The van der Waals surface area contributed by atoms with E-state index < -0.39 is 0 Å². The Bertz CT molecular complexity index is 487. The van der Waals surface area contributed by atoms with Crippen molar-refractivity contribution in [1.82, 2.24) is 20.2 Å². The number of nitrogens with one attached hydrogen (secondary N) is 1. The van der Waals surface area contributed by atoms with Crippen LogP contribution in [0.1, 0.15) is 25.2 Å². The molecule has 1 N–H and O–H groups in total. The molecule has 0 aliphatic carbocycles. The van der Waals surface area contributed by atoms with Crippen LogP contribution in [-0.2, 0) is 9.59 Å². The van der Waals surface area contributed by atoms with E-state index in [-0.39, 0.29) is 24.1 Å². The Morgan fingerprint density at radius 2 is 1.86 bits per heavy atom. The maximum absolute atomic E-state index is 12.1. The molecule has 0 saturated heterocycles. The fraction of sp³-hybridized carbons (Fsp3) is 0.571. The van der Waals surface area contributed by atoms with Gasteiger partial charge in [-0.1, -0.05) is 11.8 Å². The third-order valence-electron chi connectivity index (χ3n) is 2.73. The lowest BCUT2D eigenvalue weighted by Crippen LogP contribution is -2.41. The number of aryl methyl sites for hydroxylation is 2. The van der Waals surface area contributed by atoms with Crippen LogP contribution in [-0.4, -0.2) is 52.1 Å². The van der Waals surface area contributed by atoms with E-state index >= 15 is 0 Å². The lowest BCUT2D eigenvalue weighted by molar-refractivity contribution is -0.133. The Balaban J connectivity index is 2.56. The SMILES string of the molecule is CCNC(=O)CN(CC)C(=O)CSc1nc(C)cc(C)n1. The normalized spacial score (nSPS) is 10.3. The first-order valence-corrected chi connectivity index (χ1v) is 7.94. The molecule has 1 rings (SSSR count). The van der Waals surface area contributed by atoms with Crippen LogP contribution in [0.4, 0.5) is 0 Å². The Hall–Kier alpha value is -1.63. The number of hydrogen-bond donors (Lipinski definition) is 1. The van der Waals surface area contributed by atoms with Crippen LogP contribution in [0.2, 0.25) is 0 Å². The predicted octanol–water partition coefficient (Wildman–Crippen LogP) is 1.17. The quantitative estimate of drug-likeness (QED) is 0.604. The van der Waals surface area contributed by atoms with Gasteiger partial charge in [0.15, 0.2) is 5.16 Å². The molecule has 0 aliphatic rings. The summed E-state index contributed by atoms with van der Waals surface area (Å²) in [7, 11) is 0. The molecule has 0 aliphatic heterocycles. The van der Waals surface area contributed by atoms with Crippen LogP contribution in [0.3, 0.4) is 0 Å². The Kier molecular flexibility index (Phi) is 7.14. The summed E-state index contributed by atoms with van der Waals surface area (Å²) in [5, 5.41) is 3.28. The van der Waals surface area contributed by atoms with Crippen molar-refractivity contribution in [2.75, 3.05) is 25.4 Å². The molecule has 0 radical (unpaired) electrons. The summed E-state index contributed by atoms with van der Waals surface area (Å²) >= 11 is 1.30. The van der Waals surface area contributed by atoms with Crippen molar-refractivity contribution in [3.05, 3.63) is 17.5 Å². The number of nitrogens with zero attached hydrogens (tertiary/aromatic N) is 3. The molecule has 0 atom stereocenters. The first-order chi connectivity index (χ1) is 9.96. The molecule has 0 aromatic carbocycles. The van der Waals surface area contributed by atoms with Crippen LogP contribution >= 0.6 is 11.8 Å². The summed E-state index contributed by atoms with van der Waals surface area (Å²) in [4.78, 5) is 33.8. The van der Waals surface area contributed by atoms with Crippen molar-refractivity contribution < 1.29 is 9.59 Å². The number of aromatic nitrogens is 2. The number of hydrogen-bond acceptors (Lipinski definition) is 5. The van der Waals surface area contributed by atoms with Crippen LogP contribution in [0.5, 0.6) is 0 Å². The van der Waals surface area contributed by atoms with Gasteiger partial charge in [-0.3, -0.25) is 9.59 Å². The molecule has 1 heterocycles. The Labute approximate surface area is 129 Å². The fourth-order valence-corrected chi connectivity index (χ4v) is 2.63. The van der Waals surface area contributed by atoms with Crippen molar-refractivity contribution in [1.29, 1.82) is 0 Å². The zero-order chi connectivity index (χ0) is 15.8. The first-order valence-electron chi connectivity index (χ1n) is 6.95. The molecule has 1 aromatic rings. The van der Waals surface area contributed by atoms with E-state index in [1.165, 1.54) is 16.7 Å². The average molecular weight is 310 g/mol.